The number of aromatic nitrogens is 1. The van der Waals surface area contributed by atoms with Gasteiger partial charge in [-0.15, -0.1) is 0 Å². The van der Waals surface area contributed by atoms with E-state index in [1.807, 2.05) is 0 Å². The van der Waals surface area contributed by atoms with E-state index >= 15 is 0 Å². The summed E-state index contributed by atoms with van der Waals surface area (Å²) in [7, 11) is 0. The van der Waals surface area contributed by atoms with Gasteiger partial charge in [0.25, 0.3) is 0 Å². The Bertz CT molecular complexity index is 952. The Morgan fingerprint density at radius 3 is 2.61 bits per heavy atom. The van der Waals surface area contributed by atoms with Crippen LogP contribution >= 0.6 is 11.6 Å². The SMILES string of the molecule is Cc1cc(-c2cc(Cl)cc3c2OCCN3C(=O)OC(C)(C)C)c(C(=O)O)cn1. The highest BCUT2D eigenvalue weighted by Gasteiger charge is 2.31. The highest BCUT2D eigenvalue weighted by atomic mass is 35.5. The van der Waals surface area contributed by atoms with E-state index in [0.717, 1.165) is 0 Å². The molecule has 2 heterocycles. The third kappa shape index (κ3) is 4.04. The van der Waals surface area contributed by atoms with E-state index in [1.165, 1.54) is 11.1 Å². The van der Waals surface area contributed by atoms with Crippen LogP contribution in [-0.4, -0.2) is 40.9 Å². The predicted octanol–water partition coefficient (Wildman–Crippen LogP) is 4.54. The number of carboxylic acid groups (broad SMARTS) is 1. The molecule has 2 aromatic rings. The van der Waals surface area contributed by atoms with Crippen molar-refractivity contribution < 1.29 is 24.2 Å². The van der Waals surface area contributed by atoms with Crippen LogP contribution < -0.4 is 9.64 Å². The van der Waals surface area contributed by atoms with Crippen molar-refractivity contribution in [1.29, 1.82) is 0 Å². The molecule has 0 saturated heterocycles. The van der Waals surface area contributed by atoms with Crippen molar-refractivity contribution in [3.63, 3.8) is 0 Å². The smallest absolute Gasteiger partial charge is 0.415 e. The summed E-state index contributed by atoms with van der Waals surface area (Å²) >= 11 is 6.31. The standard InChI is InChI=1S/C20H21ClN2O5/c1-11-7-13(15(10-22-11)18(24)25)14-8-12(21)9-16-17(14)27-6-5-23(16)19(26)28-20(2,3)4/h7-10H,5-6H2,1-4H3,(H,24,25). The number of pyridine rings is 1. The summed E-state index contributed by atoms with van der Waals surface area (Å²) in [4.78, 5) is 29.9. The maximum absolute atomic E-state index is 12.7. The van der Waals surface area contributed by atoms with E-state index in [2.05, 4.69) is 4.98 Å². The molecule has 0 atom stereocenters. The second kappa shape index (κ2) is 7.31. The zero-order valence-corrected chi connectivity index (χ0v) is 16.8. The normalized spacial score (nSPS) is 13.5. The van der Waals surface area contributed by atoms with E-state index in [9.17, 15) is 14.7 Å². The average Bonchev–Trinajstić information content (AvgIpc) is 2.58. The number of rotatable bonds is 2. The van der Waals surface area contributed by atoms with Crippen LogP contribution in [-0.2, 0) is 4.74 Å². The number of aryl methyl sites for hydroxylation is 1. The van der Waals surface area contributed by atoms with Crippen molar-refractivity contribution in [1.82, 2.24) is 4.98 Å². The monoisotopic (exact) mass is 404 g/mol. The van der Waals surface area contributed by atoms with Crippen LogP contribution in [0.5, 0.6) is 5.75 Å². The molecular weight excluding hydrogens is 384 g/mol. The fraction of sp³-hybridized carbons (Fsp3) is 0.350. The number of aromatic carboxylic acids is 1. The van der Waals surface area contributed by atoms with Crippen LogP contribution in [0.4, 0.5) is 10.5 Å². The van der Waals surface area contributed by atoms with Crippen LogP contribution in [0.2, 0.25) is 5.02 Å². The molecule has 1 aliphatic rings. The lowest BCUT2D eigenvalue weighted by Crippen LogP contribution is -2.41. The highest BCUT2D eigenvalue weighted by molar-refractivity contribution is 6.31. The molecule has 0 bridgehead atoms. The van der Waals surface area contributed by atoms with Gasteiger partial charge in [-0.25, -0.2) is 9.59 Å². The van der Waals surface area contributed by atoms with Crippen molar-refractivity contribution in [3.05, 3.63) is 40.7 Å². The lowest BCUT2D eigenvalue weighted by Gasteiger charge is -2.33. The molecule has 0 spiro atoms. The number of carbonyl (C=O) groups is 2. The van der Waals surface area contributed by atoms with Gasteiger partial charge in [0.1, 0.15) is 12.2 Å². The van der Waals surface area contributed by atoms with Crippen molar-refractivity contribution in [2.75, 3.05) is 18.1 Å². The lowest BCUT2D eigenvalue weighted by molar-refractivity contribution is 0.0567. The van der Waals surface area contributed by atoms with Gasteiger partial charge in [0, 0.05) is 28.0 Å². The van der Waals surface area contributed by atoms with Gasteiger partial charge < -0.3 is 14.6 Å². The molecule has 0 radical (unpaired) electrons. The highest BCUT2D eigenvalue weighted by Crippen LogP contribution is 2.44. The van der Waals surface area contributed by atoms with Crippen molar-refractivity contribution in [2.24, 2.45) is 0 Å². The van der Waals surface area contributed by atoms with Gasteiger partial charge in [-0.1, -0.05) is 11.6 Å². The molecule has 148 valence electrons. The molecule has 3 rings (SSSR count). The van der Waals surface area contributed by atoms with E-state index < -0.39 is 17.7 Å². The topological polar surface area (TPSA) is 89.0 Å². The summed E-state index contributed by atoms with van der Waals surface area (Å²) < 4.78 is 11.3. The maximum Gasteiger partial charge on any atom is 0.415 e. The van der Waals surface area contributed by atoms with Crippen molar-refractivity contribution in [3.8, 4) is 16.9 Å². The largest absolute Gasteiger partial charge is 0.489 e. The average molecular weight is 405 g/mol. The maximum atomic E-state index is 12.7. The Balaban J connectivity index is 2.17. The first-order valence-electron chi connectivity index (χ1n) is 8.74. The number of benzene rings is 1. The summed E-state index contributed by atoms with van der Waals surface area (Å²) in [5.41, 5.74) is 1.36. The molecule has 0 aliphatic carbocycles. The van der Waals surface area contributed by atoms with E-state index in [0.29, 0.717) is 39.8 Å². The Kier molecular flexibility index (Phi) is 5.21. The van der Waals surface area contributed by atoms with Crippen molar-refractivity contribution >= 4 is 29.4 Å². The number of amides is 1. The number of hydrogen-bond donors (Lipinski definition) is 1. The number of nitrogens with zero attached hydrogens (tertiary/aromatic N) is 2. The molecule has 7 nitrogen and oxygen atoms in total. The second-order valence-corrected chi connectivity index (χ2v) is 7.89. The molecule has 1 N–H and O–H groups in total. The molecule has 0 saturated carbocycles. The summed E-state index contributed by atoms with van der Waals surface area (Å²) in [6.07, 6.45) is 0.781. The third-order valence-electron chi connectivity index (χ3n) is 4.06. The van der Waals surface area contributed by atoms with E-state index in [-0.39, 0.29) is 12.2 Å². The van der Waals surface area contributed by atoms with Gasteiger partial charge in [-0.3, -0.25) is 9.88 Å². The fourth-order valence-electron chi connectivity index (χ4n) is 2.95. The van der Waals surface area contributed by atoms with Gasteiger partial charge >= 0.3 is 12.1 Å². The van der Waals surface area contributed by atoms with Gasteiger partial charge in [-0.2, -0.15) is 0 Å². The minimum absolute atomic E-state index is 0.0214. The first-order valence-corrected chi connectivity index (χ1v) is 9.12. The molecule has 1 amide bonds. The number of halogens is 1. The second-order valence-electron chi connectivity index (χ2n) is 7.46. The molecule has 8 heteroatoms. The third-order valence-corrected chi connectivity index (χ3v) is 4.28. The van der Waals surface area contributed by atoms with Crippen LogP contribution in [0.15, 0.2) is 24.4 Å². The Labute approximate surface area is 167 Å². The molecule has 0 unspecified atom stereocenters. The fourth-order valence-corrected chi connectivity index (χ4v) is 3.16. The minimum Gasteiger partial charge on any atom is -0.489 e. The van der Waals surface area contributed by atoms with E-state index in [1.54, 1.807) is 45.9 Å². The zero-order valence-electron chi connectivity index (χ0n) is 16.1. The number of carbonyl (C=O) groups excluding carboxylic acids is 1. The minimum atomic E-state index is -1.11. The Morgan fingerprint density at radius 2 is 1.96 bits per heavy atom. The molecule has 28 heavy (non-hydrogen) atoms. The summed E-state index contributed by atoms with van der Waals surface area (Å²) in [5.74, 6) is -0.731. The number of fused-ring (bicyclic) bond motifs is 1. The number of hydrogen-bond acceptors (Lipinski definition) is 5. The van der Waals surface area contributed by atoms with Gasteiger partial charge in [0.05, 0.1) is 17.8 Å². The molecule has 0 fully saturated rings. The van der Waals surface area contributed by atoms with Crippen LogP contribution in [0.1, 0.15) is 36.8 Å². The number of carboxylic acids is 1. The molecular formula is C20H21ClN2O5. The molecule has 1 aromatic carbocycles. The summed E-state index contributed by atoms with van der Waals surface area (Å²) in [6.45, 7) is 7.66. The lowest BCUT2D eigenvalue weighted by atomic mass is 9.98. The zero-order chi connectivity index (χ0) is 20.6. The molecule has 1 aliphatic heterocycles. The van der Waals surface area contributed by atoms with Crippen molar-refractivity contribution in [2.45, 2.75) is 33.3 Å². The van der Waals surface area contributed by atoms with Gasteiger partial charge in [0.15, 0.2) is 5.75 Å². The first-order chi connectivity index (χ1) is 13.1. The van der Waals surface area contributed by atoms with Crippen LogP contribution in [0.3, 0.4) is 0 Å². The van der Waals surface area contributed by atoms with Gasteiger partial charge in [0.2, 0.25) is 0 Å². The predicted molar refractivity (Wildman–Crippen MR) is 105 cm³/mol. The molecule has 1 aromatic heterocycles. The van der Waals surface area contributed by atoms with E-state index in [4.69, 9.17) is 21.1 Å². The van der Waals surface area contributed by atoms with Crippen LogP contribution in [0.25, 0.3) is 11.1 Å². The Morgan fingerprint density at radius 1 is 1.25 bits per heavy atom. The first kappa shape index (κ1) is 19.9. The quantitative estimate of drug-likeness (QED) is 0.790. The van der Waals surface area contributed by atoms with Crippen LogP contribution in [0, 0.1) is 6.92 Å². The summed E-state index contributed by atoms with van der Waals surface area (Å²) in [6, 6.07) is 4.89. The Hall–Kier alpha value is -2.80. The van der Waals surface area contributed by atoms with Gasteiger partial charge in [-0.05, 0) is 45.9 Å². The number of ether oxygens (including phenoxy) is 2. The summed E-state index contributed by atoms with van der Waals surface area (Å²) in [5, 5.41) is 9.91. The number of anilines is 1.